The zero-order chi connectivity index (χ0) is 22.7. The number of nitrogens with zero attached hydrogens (tertiary/aromatic N) is 4. The van der Waals surface area contributed by atoms with Crippen molar-refractivity contribution < 1.29 is 8.42 Å². The van der Waals surface area contributed by atoms with Crippen molar-refractivity contribution in [2.45, 2.75) is 50.6 Å². The molecule has 172 valence electrons. The van der Waals surface area contributed by atoms with E-state index in [1.54, 1.807) is 26.2 Å². The molecule has 0 bridgehead atoms. The Morgan fingerprint density at radius 3 is 2.53 bits per heavy atom. The highest BCUT2D eigenvalue weighted by Crippen LogP contribution is 2.29. The molecule has 8 heteroatoms. The molecule has 1 aliphatic heterocycles. The van der Waals surface area contributed by atoms with Crippen LogP contribution in [0.1, 0.15) is 38.4 Å². The smallest absolute Gasteiger partial charge is 0.242 e. The molecule has 1 N–H and O–H groups in total. The van der Waals surface area contributed by atoms with Gasteiger partial charge in [-0.1, -0.05) is 19.1 Å². The Kier molecular flexibility index (Phi) is 6.71. The summed E-state index contributed by atoms with van der Waals surface area (Å²) in [6.45, 7) is 5.74. The molecule has 1 saturated heterocycles. The molecule has 32 heavy (non-hydrogen) atoms. The molecule has 3 aromatic rings. The number of nitrogens with one attached hydrogen (secondary N) is 1. The van der Waals surface area contributed by atoms with Crippen LogP contribution in [-0.4, -0.2) is 49.5 Å². The van der Waals surface area contributed by atoms with E-state index in [4.69, 9.17) is 4.98 Å². The Hall–Kier alpha value is -2.58. The number of hydrogen-bond acceptors (Lipinski definition) is 5. The van der Waals surface area contributed by atoms with Crippen molar-refractivity contribution >= 4 is 32.4 Å². The van der Waals surface area contributed by atoms with E-state index in [0.717, 1.165) is 43.1 Å². The van der Waals surface area contributed by atoms with E-state index in [9.17, 15) is 8.42 Å². The largest absolute Gasteiger partial charge is 0.376 e. The Labute approximate surface area is 191 Å². The molecule has 0 aliphatic carbocycles. The molecule has 0 unspecified atom stereocenters. The van der Waals surface area contributed by atoms with Crippen LogP contribution < -0.4 is 10.2 Å². The summed E-state index contributed by atoms with van der Waals surface area (Å²) in [5.74, 6) is 0.912. The van der Waals surface area contributed by atoms with Crippen LogP contribution in [0.2, 0.25) is 0 Å². The van der Waals surface area contributed by atoms with Crippen molar-refractivity contribution in [2.24, 2.45) is 0 Å². The number of fused-ring (bicyclic) bond motifs is 1. The van der Waals surface area contributed by atoms with Crippen LogP contribution in [0.4, 0.5) is 11.4 Å². The van der Waals surface area contributed by atoms with Gasteiger partial charge in [-0.3, -0.25) is 0 Å². The molecule has 0 atom stereocenters. The van der Waals surface area contributed by atoms with Gasteiger partial charge < -0.3 is 14.8 Å². The molecule has 0 amide bonds. The highest BCUT2D eigenvalue weighted by Gasteiger charge is 2.20. The molecule has 1 fully saturated rings. The van der Waals surface area contributed by atoms with Crippen molar-refractivity contribution in [2.75, 3.05) is 37.4 Å². The number of sulfonamides is 1. The van der Waals surface area contributed by atoms with Crippen molar-refractivity contribution in [1.82, 2.24) is 13.9 Å². The summed E-state index contributed by atoms with van der Waals surface area (Å²) in [5.41, 5.74) is 4.03. The number of aryl methyl sites for hydroxylation is 1. The van der Waals surface area contributed by atoms with E-state index in [2.05, 4.69) is 46.0 Å². The molecule has 0 saturated carbocycles. The lowest BCUT2D eigenvalue weighted by atomic mass is 10.1. The van der Waals surface area contributed by atoms with E-state index in [-0.39, 0.29) is 4.90 Å². The summed E-state index contributed by atoms with van der Waals surface area (Å²) in [6.07, 6.45) is 4.75. The molecule has 0 radical (unpaired) electrons. The first kappa shape index (κ1) is 22.6. The number of benzene rings is 2. The number of rotatable bonds is 8. The average molecular weight is 456 g/mol. The predicted molar refractivity (Wildman–Crippen MR) is 131 cm³/mol. The lowest BCUT2D eigenvalue weighted by Crippen LogP contribution is -2.30. The van der Waals surface area contributed by atoms with Gasteiger partial charge in [-0.05, 0) is 56.0 Å². The topological polar surface area (TPSA) is 70.5 Å². The second-order valence-electron chi connectivity index (χ2n) is 8.54. The predicted octanol–water partition coefficient (Wildman–Crippen LogP) is 4.30. The van der Waals surface area contributed by atoms with Gasteiger partial charge in [0.05, 0.1) is 33.8 Å². The molecule has 2 heterocycles. The molecule has 2 aromatic carbocycles. The summed E-state index contributed by atoms with van der Waals surface area (Å²) in [4.78, 5) is 7.55. The fourth-order valence-corrected chi connectivity index (χ4v) is 5.27. The number of aromatic nitrogens is 2. The third-order valence-electron chi connectivity index (χ3n) is 6.06. The molecule has 4 rings (SSSR count). The summed E-state index contributed by atoms with van der Waals surface area (Å²) in [7, 11) is -0.403. The van der Waals surface area contributed by atoms with Crippen molar-refractivity contribution in [3.63, 3.8) is 0 Å². The highest BCUT2D eigenvalue weighted by atomic mass is 32.2. The maximum atomic E-state index is 12.6. The van der Waals surface area contributed by atoms with Crippen LogP contribution in [0, 0.1) is 0 Å². The van der Waals surface area contributed by atoms with Crippen molar-refractivity contribution in [3.05, 3.63) is 48.3 Å². The summed E-state index contributed by atoms with van der Waals surface area (Å²) < 4.78 is 28.6. The van der Waals surface area contributed by atoms with Gasteiger partial charge in [-0.2, -0.15) is 0 Å². The van der Waals surface area contributed by atoms with Gasteiger partial charge in [-0.25, -0.2) is 17.7 Å². The van der Waals surface area contributed by atoms with E-state index in [1.165, 1.54) is 29.3 Å². The Bertz CT molecular complexity index is 1180. The molecular weight excluding hydrogens is 422 g/mol. The van der Waals surface area contributed by atoms with Gasteiger partial charge in [0.1, 0.15) is 5.82 Å². The van der Waals surface area contributed by atoms with Crippen LogP contribution in [0.25, 0.3) is 11.0 Å². The number of imidazole rings is 1. The first-order valence-corrected chi connectivity index (χ1v) is 12.9. The maximum Gasteiger partial charge on any atom is 0.242 e. The second kappa shape index (κ2) is 9.50. The van der Waals surface area contributed by atoms with Crippen molar-refractivity contribution in [1.29, 1.82) is 0 Å². The Balaban J connectivity index is 1.64. The molecular formula is C24H33N5O2S. The van der Waals surface area contributed by atoms with Gasteiger partial charge in [0.15, 0.2) is 0 Å². The van der Waals surface area contributed by atoms with Gasteiger partial charge in [0, 0.05) is 33.7 Å². The first-order valence-electron chi connectivity index (χ1n) is 11.4. The third kappa shape index (κ3) is 4.47. The Morgan fingerprint density at radius 2 is 1.81 bits per heavy atom. The minimum atomic E-state index is -3.49. The molecule has 1 aromatic heterocycles. The number of piperidine rings is 1. The van der Waals surface area contributed by atoms with Crippen LogP contribution in [0.15, 0.2) is 47.4 Å². The highest BCUT2D eigenvalue weighted by molar-refractivity contribution is 7.89. The maximum absolute atomic E-state index is 12.6. The van der Waals surface area contributed by atoms with Crippen LogP contribution in [0.3, 0.4) is 0 Å². The number of anilines is 2. The first-order chi connectivity index (χ1) is 15.4. The van der Waals surface area contributed by atoms with E-state index in [0.29, 0.717) is 12.1 Å². The van der Waals surface area contributed by atoms with Crippen LogP contribution in [-0.2, 0) is 23.1 Å². The third-order valence-corrected chi connectivity index (χ3v) is 7.87. The summed E-state index contributed by atoms with van der Waals surface area (Å²) in [6, 6.07) is 13.7. The average Bonchev–Trinajstić information content (AvgIpc) is 3.15. The zero-order valence-corrected chi connectivity index (χ0v) is 20.0. The van der Waals surface area contributed by atoms with Gasteiger partial charge in [0.2, 0.25) is 10.0 Å². The summed E-state index contributed by atoms with van der Waals surface area (Å²) in [5, 5.41) is 3.60. The van der Waals surface area contributed by atoms with E-state index >= 15 is 0 Å². The number of hydrogen-bond donors (Lipinski definition) is 1. The second-order valence-corrected chi connectivity index (χ2v) is 10.7. The fraction of sp³-hybridized carbons (Fsp3) is 0.458. The molecule has 1 aliphatic rings. The standard InChI is InChI=1S/C24H33N5O2S/c1-4-14-29-23-13-12-19(32(30,31)27(2)3)17-21(23)26-24(29)18-25-20-10-6-7-11-22(20)28-15-8-5-9-16-28/h6-7,10-13,17,25H,4-5,8-9,14-16,18H2,1-3H3. The van der Waals surface area contributed by atoms with Gasteiger partial charge >= 0.3 is 0 Å². The van der Waals surface area contributed by atoms with E-state index < -0.39 is 10.0 Å². The SMILES string of the molecule is CCCn1c(CNc2ccccc2N2CCCCC2)nc2cc(S(=O)(=O)N(C)C)ccc21. The van der Waals surface area contributed by atoms with Crippen LogP contribution in [0.5, 0.6) is 0 Å². The molecule has 0 spiro atoms. The van der Waals surface area contributed by atoms with Gasteiger partial charge in [0.25, 0.3) is 0 Å². The summed E-state index contributed by atoms with van der Waals surface area (Å²) >= 11 is 0. The number of para-hydroxylation sites is 2. The van der Waals surface area contributed by atoms with E-state index in [1.807, 2.05) is 6.07 Å². The minimum absolute atomic E-state index is 0.270. The minimum Gasteiger partial charge on any atom is -0.376 e. The van der Waals surface area contributed by atoms with Gasteiger partial charge in [-0.15, -0.1) is 0 Å². The molecule has 7 nitrogen and oxygen atoms in total. The lowest BCUT2D eigenvalue weighted by molar-refractivity contribution is 0.521. The Morgan fingerprint density at radius 1 is 1.06 bits per heavy atom. The lowest BCUT2D eigenvalue weighted by Gasteiger charge is -2.30. The fourth-order valence-electron chi connectivity index (χ4n) is 4.35. The zero-order valence-electron chi connectivity index (χ0n) is 19.2. The van der Waals surface area contributed by atoms with Crippen LogP contribution >= 0.6 is 0 Å². The normalized spacial score (nSPS) is 14.9. The quantitative estimate of drug-likeness (QED) is 0.548. The monoisotopic (exact) mass is 455 g/mol. The van der Waals surface area contributed by atoms with Crippen molar-refractivity contribution in [3.8, 4) is 0 Å².